The number of nitrogens with zero attached hydrogens (tertiary/aromatic N) is 2. The summed E-state index contributed by atoms with van der Waals surface area (Å²) in [7, 11) is 0. The molecule has 0 atom stereocenters. The van der Waals surface area contributed by atoms with Crippen LogP contribution in [0.3, 0.4) is 0 Å². The van der Waals surface area contributed by atoms with Crippen LogP contribution in [0.25, 0.3) is 0 Å². The highest BCUT2D eigenvalue weighted by Crippen LogP contribution is 2.12. The lowest BCUT2D eigenvalue weighted by Gasteiger charge is -2.20. The van der Waals surface area contributed by atoms with Crippen molar-refractivity contribution in [2.24, 2.45) is 10.9 Å². The van der Waals surface area contributed by atoms with E-state index in [-0.39, 0.29) is 18.3 Å². The molecule has 1 aromatic rings. The average molecular weight is 279 g/mol. The first kappa shape index (κ1) is 15.8. The molecule has 0 fully saturated rings. The van der Waals surface area contributed by atoms with Crippen molar-refractivity contribution in [2.75, 3.05) is 19.7 Å². The van der Waals surface area contributed by atoms with Crippen LogP contribution >= 0.6 is 0 Å². The lowest BCUT2D eigenvalue weighted by atomic mass is 10.2. The quantitative estimate of drug-likeness (QED) is 0.342. The number of amides is 1. The van der Waals surface area contributed by atoms with Gasteiger partial charge in [-0.25, -0.2) is 0 Å². The molecule has 0 bridgehead atoms. The van der Waals surface area contributed by atoms with Crippen molar-refractivity contribution >= 4 is 11.7 Å². The number of hydrogen-bond acceptors (Lipinski definition) is 4. The Balaban J connectivity index is 2.55. The van der Waals surface area contributed by atoms with Gasteiger partial charge in [0.2, 0.25) is 0 Å². The summed E-state index contributed by atoms with van der Waals surface area (Å²) in [5.41, 5.74) is 6.05. The summed E-state index contributed by atoms with van der Waals surface area (Å²) >= 11 is 0. The Morgan fingerprint density at radius 1 is 1.35 bits per heavy atom. The first-order valence-corrected chi connectivity index (χ1v) is 6.60. The summed E-state index contributed by atoms with van der Waals surface area (Å²) in [5.74, 6) is 0.572. The fourth-order valence-corrected chi connectivity index (χ4v) is 1.75. The highest BCUT2D eigenvalue weighted by Gasteiger charge is 2.11. The lowest BCUT2D eigenvalue weighted by molar-refractivity contribution is -0.133. The molecule has 0 unspecified atom stereocenters. The van der Waals surface area contributed by atoms with E-state index in [0.29, 0.717) is 17.9 Å². The molecule has 0 aliphatic rings. The molecule has 6 heteroatoms. The van der Waals surface area contributed by atoms with Crippen molar-refractivity contribution in [3.8, 4) is 5.75 Å². The predicted molar refractivity (Wildman–Crippen MR) is 77.0 cm³/mol. The van der Waals surface area contributed by atoms with Gasteiger partial charge in [0, 0.05) is 18.7 Å². The Bertz CT molecular complexity index is 457. The highest BCUT2D eigenvalue weighted by molar-refractivity contribution is 5.97. The minimum absolute atomic E-state index is 0.0107. The number of rotatable bonds is 7. The molecule has 3 N–H and O–H groups in total. The standard InChI is InChI=1S/C14H21N3O3/c1-3-9-17(4-2)13(18)10-20-12-7-5-11(6-8-12)14(15)16-19/h5-8,19H,3-4,9-10H2,1-2H3,(H2,15,16). The van der Waals surface area contributed by atoms with Crippen LogP contribution in [0, 0.1) is 0 Å². The van der Waals surface area contributed by atoms with Crippen molar-refractivity contribution in [1.29, 1.82) is 0 Å². The summed E-state index contributed by atoms with van der Waals surface area (Å²) in [6, 6.07) is 6.69. The van der Waals surface area contributed by atoms with Gasteiger partial charge in [0.1, 0.15) is 5.75 Å². The van der Waals surface area contributed by atoms with E-state index in [0.717, 1.165) is 13.0 Å². The normalized spacial score (nSPS) is 11.2. The van der Waals surface area contributed by atoms with E-state index < -0.39 is 0 Å². The van der Waals surface area contributed by atoms with Gasteiger partial charge in [0.25, 0.3) is 5.91 Å². The summed E-state index contributed by atoms with van der Waals surface area (Å²) < 4.78 is 5.43. The van der Waals surface area contributed by atoms with Gasteiger partial charge in [0.15, 0.2) is 12.4 Å². The third-order valence-corrected chi connectivity index (χ3v) is 2.85. The lowest BCUT2D eigenvalue weighted by Crippen LogP contribution is -2.35. The molecule has 0 saturated heterocycles. The molecule has 0 saturated carbocycles. The van der Waals surface area contributed by atoms with E-state index in [4.69, 9.17) is 15.7 Å². The summed E-state index contributed by atoms with van der Waals surface area (Å²) in [5, 5.41) is 11.5. The van der Waals surface area contributed by atoms with Crippen LogP contribution in [-0.2, 0) is 4.79 Å². The smallest absolute Gasteiger partial charge is 0.260 e. The minimum Gasteiger partial charge on any atom is -0.484 e. The zero-order chi connectivity index (χ0) is 15.0. The Hall–Kier alpha value is -2.24. The second kappa shape index (κ2) is 8.04. The molecule has 1 aromatic carbocycles. The number of amidine groups is 1. The minimum atomic E-state index is -0.0325. The monoisotopic (exact) mass is 279 g/mol. The number of benzene rings is 1. The Labute approximate surface area is 118 Å². The van der Waals surface area contributed by atoms with Crippen molar-refractivity contribution in [3.63, 3.8) is 0 Å². The van der Waals surface area contributed by atoms with Gasteiger partial charge in [-0.2, -0.15) is 0 Å². The van der Waals surface area contributed by atoms with Crippen molar-refractivity contribution in [1.82, 2.24) is 4.90 Å². The van der Waals surface area contributed by atoms with Gasteiger partial charge in [-0.05, 0) is 37.6 Å². The molecule has 0 radical (unpaired) electrons. The molecule has 0 aromatic heterocycles. The largest absolute Gasteiger partial charge is 0.484 e. The van der Waals surface area contributed by atoms with Crippen LogP contribution in [0.4, 0.5) is 0 Å². The van der Waals surface area contributed by atoms with Crippen molar-refractivity contribution in [3.05, 3.63) is 29.8 Å². The van der Waals surface area contributed by atoms with Gasteiger partial charge < -0.3 is 20.6 Å². The van der Waals surface area contributed by atoms with Crippen LogP contribution in [-0.4, -0.2) is 41.5 Å². The van der Waals surface area contributed by atoms with Crippen LogP contribution in [0.1, 0.15) is 25.8 Å². The highest BCUT2D eigenvalue weighted by atomic mass is 16.5. The first-order chi connectivity index (χ1) is 9.62. The zero-order valence-electron chi connectivity index (χ0n) is 11.9. The number of ether oxygens (including phenoxy) is 1. The van der Waals surface area contributed by atoms with Crippen molar-refractivity contribution in [2.45, 2.75) is 20.3 Å². The molecule has 20 heavy (non-hydrogen) atoms. The molecular formula is C14H21N3O3. The zero-order valence-corrected chi connectivity index (χ0v) is 11.9. The summed E-state index contributed by atoms with van der Waals surface area (Å²) in [6.07, 6.45) is 0.925. The molecule has 0 aliphatic heterocycles. The van der Waals surface area contributed by atoms with Crippen LogP contribution in [0.15, 0.2) is 29.4 Å². The maximum absolute atomic E-state index is 11.9. The van der Waals surface area contributed by atoms with E-state index >= 15 is 0 Å². The predicted octanol–water partition coefficient (Wildman–Crippen LogP) is 1.42. The Morgan fingerprint density at radius 3 is 2.50 bits per heavy atom. The molecule has 0 heterocycles. The maximum Gasteiger partial charge on any atom is 0.260 e. The molecule has 110 valence electrons. The van der Waals surface area contributed by atoms with Gasteiger partial charge >= 0.3 is 0 Å². The van der Waals surface area contributed by atoms with E-state index in [9.17, 15) is 4.79 Å². The summed E-state index contributed by atoms with van der Waals surface area (Å²) in [6.45, 7) is 5.40. The second-order valence-corrected chi connectivity index (χ2v) is 4.27. The van der Waals surface area contributed by atoms with Gasteiger partial charge in [-0.3, -0.25) is 4.79 Å². The number of carbonyl (C=O) groups excluding carboxylic acids is 1. The van der Waals surface area contributed by atoms with E-state index in [2.05, 4.69) is 5.16 Å². The number of carbonyl (C=O) groups is 1. The Kier molecular flexibility index (Phi) is 6.36. The van der Waals surface area contributed by atoms with E-state index in [1.165, 1.54) is 0 Å². The molecular weight excluding hydrogens is 258 g/mol. The molecule has 0 spiro atoms. The molecule has 6 nitrogen and oxygen atoms in total. The van der Waals surface area contributed by atoms with Gasteiger partial charge in [-0.1, -0.05) is 12.1 Å². The SMILES string of the molecule is CCCN(CC)C(=O)COc1ccc(/C(N)=N/O)cc1. The van der Waals surface area contributed by atoms with Gasteiger partial charge in [-0.15, -0.1) is 0 Å². The maximum atomic E-state index is 11.9. The molecule has 1 rings (SSSR count). The molecule has 1 amide bonds. The van der Waals surface area contributed by atoms with Crippen LogP contribution < -0.4 is 10.5 Å². The second-order valence-electron chi connectivity index (χ2n) is 4.27. The van der Waals surface area contributed by atoms with Crippen molar-refractivity contribution < 1.29 is 14.7 Å². The number of hydrogen-bond donors (Lipinski definition) is 2. The number of nitrogens with two attached hydrogens (primary N) is 1. The first-order valence-electron chi connectivity index (χ1n) is 6.60. The third kappa shape index (κ3) is 4.46. The fourth-order valence-electron chi connectivity index (χ4n) is 1.75. The molecule has 0 aliphatic carbocycles. The van der Waals surface area contributed by atoms with E-state index in [1.807, 2.05) is 13.8 Å². The van der Waals surface area contributed by atoms with E-state index in [1.54, 1.807) is 29.2 Å². The average Bonchev–Trinajstić information content (AvgIpc) is 2.49. The van der Waals surface area contributed by atoms with Gasteiger partial charge in [0.05, 0.1) is 0 Å². The number of likely N-dealkylation sites (N-methyl/N-ethyl adjacent to an activating group) is 1. The topological polar surface area (TPSA) is 88.2 Å². The van der Waals surface area contributed by atoms with Crippen LogP contribution in [0.2, 0.25) is 0 Å². The summed E-state index contributed by atoms with van der Waals surface area (Å²) in [4.78, 5) is 13.6. The Morgan fingerprint density at radius 2 is 2.00 bits per heavy atom. The fraction of sp³-hybridized carbons (Fsp3) is 0.429. The van der Waals surface area contributed by atoms with Crippen LogP contribution in [0.5, 0.6) is 5.75 Å². The third-order valence-electron chi connectivity index (χ3n) is 2.85. The number of oxime groups is 1.